The van der Waals surface area contributed by atoms with Crippen molar-refractivity contribution >= 4 is 29.7 Å². The third kappa shape index (κ3) is 9.55. The van der Waals surface area contributed by atoms with E-state index in [1.54, 1.807) is 44.2 Å². The Morgan fingerprint density at radius 3 is 1.88 bits per heavy atom. The van der Waals surface area contributed by atoms with Crippen molar-refractivity contribution in [3.05, 3.63) is 35.9 Å². The van der Waals surface area contributed by atoms with Crippen molar-refractivity contribution in [1.29, 1.82) is 0 Å². The number of nitrogens with two attached hydrogens (primary N) is 1. The number of carboxylic acid groups (broad SMARTS) is 2. The minimum Gasteiger partial charge on any atom is -0.481 e. The molecule has 4 unspecified atom stereocenters. The number of aliphatic hydroxyl groups excluding tert-OH is 1. The summed E-state index contributed by atoms with van der Waals surface area (Å²) in [5, 5.41) is 34.9. The van der Waals surface area contributed by atoms with Crippen LogP contribution in [0.1, 0.15) is 32.3 Å². The first-order valence-electron chi connectivity index (χ1n) is 10.7. The maximum atomic E-state index is 12.7. The SMILES string of the molecule is CC(C)C(N)C(=O)NC(CCC(=O)O)C(=O)NC(CO)C(=O)NC(Cc1ccccc1)C(=O)O. The second-order valence-corrected chi connectivity index (χ2v) is 8.10. The van der Waals surface area contributed by atoms with Crippen LogP contribution in [0.25, 0.3) is 0 Å². The smallest absolute Gasteiger partial charge is 0.326 e. The fourth-order valence-corrected chi connectivity index (χ4v) is 2.90. The summed E-state index contributed by atoms with van der Waals surface area (Å²) in [6.07, 6.45) is -0.773. The number of hydrogen-bond acceptors (Lipinski definition) is 7. The molecule has 12 nitrogen and oxygen atoms in total. The minimum absolute atomic E-state index is 0.0294. The maximum Gasteiger partial charge on any atom is 0.326 e. The zero-order valence-electron chi connectivity index (χ0n) is 19.1. The molecule has 1 rings (SSSR count). The van der Waals surface area contributed by atoms with Crippen LogP contribution in [0.4, 0.5) is 0 Å². The number of hydrogen-bond donors (Lipinski definition) is 7. The Bertz CT molecular complexity index is 862. The van der Waals surface area contributed by atoms with E-state index in [0.717, 1.165) is 0 Å². The Morgan fingerprint density at radius 2 is 1.38 bits per heavy atom. The second kappa shape index (κ2) is 13.9. The molecule has 0 radical (unpaired) electrons. The molecule has 1 aromatic rings. The molecular weight excluding hydrogens is 448 g/mol. The average molecular weight is 481 g/mol. The third-order valence-corrected chi connectivity index (χ3v) is 5.01. The molecule has 0 fully saturated rings. The van der Waals surface area contributed by atoms with Crippen LogP contribution in [0.2, 0.25) is 0 Å². The highest BCUT2D eigenvalue weighted by Crippen LogP contribution is 2.06. The number of carboxylic acids is 2. The lowest BCUT2D eigenvalue weighted by Gasteiger charge is -2.24. The lowest BCUT2D eigenvalue weighted by molar-refractivity contribution is -0.142. The van der Waals surface area contributed by atoms with Gasteiger partial charge in [0, 0.05) is 12.8 Å². The van der Waals surface area contributed by atoms with Crippen molar-refractivity contribution in [2.75, 3.05) is 6.61 Å². The van der Waals surface area contributed by atoms with Crippen LogP contribution in [0.15, 0.2) is 30.3 Å². The lowest BCUT2D eigenvalue weighted by atomic mass is 10.0. The molecule has 1 aromatic carbocycles. The Hall–Kier alpha value is -3.51. The summed E-state index contributed by atoms with van der Waals surface area (Å²) >= 11 is 0. The maximum absolute atomic E-state index is 12.7. The van der Waals surface area contributed by atoms with Gasteiger partial charge in [-0.15, -0.1) is 0 Å². The van der Waals surface area contributed by atoms with Gasteiger partial charge in [-0.2, -0.15) is 0 Å². The molecule has 0 aromatic heterocycles. The van der Waals surface area contributed by atoms with Gasteiger partial charge in [0.25, 0.3) is 0 Å². The number of amides is 3. The number of aliphatic carboxylic acids is 2. The number of benzene rings is 1. The van der Waals surface area contributed by atoms with Crippen molar-refractivity contribution in [3.63, 3.8) is 0 Å². The van der Waals surface area contributed by atoms with E-state index in [2.05, 4.69) is 16.0 Å². The number of carbonyl (C=O) groups is 5. The fourth-order valence-electron chi connectivity index (χ4n) is 2.90. The Kier molecular flexibility index (Phi) is 11.7. The van der Waals surface area contributed by atoms with E-state index in [4.69, 9.17) is 10.8 Å². The third-order valence-electron chi connectivity index (χ3n) is 5.01. The van der Waals surface area contributed by atoms with Gasteiger partial charge in [0.15, 0.2) is 0 Å². The van der Waals surface area contributed by atoms with Gasteiger partial charge < -0.3 is 37.0 Å². The predicted octanol–water partition coefficient (Wildman–Crippen LogP) is -1.39. The Morgan fingerprint density at radius 1 is 0.853 bits per heavy atom. The molecule has 0 saturated heterocycles. The van der Waals surface area contributed by atoms with E-state index < -0.39 is 66.9 Å². The van der Waals surface area contributed by atoms with Crippen LogP contribution in [0.3, 0.4) is 0 Å². The van der Waals surface area contributed by atoms with E-state index in [1.165, 1.54) is 0 Å². The summed E-state index contributed by atoms with van der Waals surface area (Å²) in [4.78, 5) is 60.1. The monoisotopic (exact) mass is 480 g/mol. The summed E-state index contributed by atoms with van der Waals surface area (Å²) in [6, 6.07) is 3.40. The van der Waals surface area contributed by atoms with Gasteiger partial charge in [-0.05, 0) is 17.9 Å². The molecule has 0 aliphatic rings. The normalized spacial score (nSPS) is 14.4. The summed E-state index contributed by atoms with van der Waals surface area (Å²) in [5.74, 6) is -5.33. The summed E-state index contributed by atoms with van der Waals surface area (Å²) < 4.78 is 0. The van der Waals surface area contributed by atoms with Crippen LogP contribution in [-0.2, 0) is 30.4 Å². The van der Waals surface area contributed by atoms with E-state index in [-0.39, 0.29) is 18.8 Å². The summed E-state index contributed by atoms with van der Waals surface area (Å²) in [6.45, 7) is 2.52. The van der Waals surface area contributed by atoms with Gasteiger partial charge in [0.1, 0.15) is 18.1 Å². The van der Waals surface area contributed by atoms with Gasteiger partial charge in [-0.25, -0.2) is 4.79 Å². The molecule has 0 saturated carbocycles. The molecule has 0 heterocycles. The first-order valence-corrected chi connectivity index (χ1v) is 10.7. The molecular formula is C22H32N4O8. The molecule has 0 aliphatic heterocycles. The van der Waals surface area contributed by atoms with Crippen LogP contribution >= 0.6 is 0 Å². The second-order valence-electron chi connectivity index (χ2n) is 8.10. The molecule has 0 bridgehead atoms. The van der Waals surface area contributed by atoms with Crippen LogP contribution in [0, 0.1) is 5.92 Å². The zero-order chi connectivity index (χ0) is 25.8. The topological polar surface area (TPSA) is 208 Å². The molecule has 8 N–H and O–H groups in total. The first kappa shape index (κ1) is 28.5. The Labute approximate surface area is 196 Å². The highest BCUT2D eigenvalue weighted by molar-refractivity contribution is 5.94. The van der Waals surface area contributed by atoms with Crippen LogP contribution < -0.4 is 21.7 Å². The minimum atomic E-state index is -1.53. The summed E-state index contributed by atoms with van der Waals surface area (Å²) in [7, 11) is 0. The van der Waals surface area contributed by atoms with E-state index in [1.807, 2.05) is 0 Å². The highest BCUT2D eigenvalue weighted by Gasteiger charge is 2.30. The van der Waals surface area contributed by atoms with Gasteiger partial charge in [0.05, 0.1) is 12.6 Å². The van der Waals surface area contributed by atoms with Crippen molar-refractivity contribution < 1.29 is 39.3 Å². The van der Waals surface area contributed by atoms with Gasteiger partial charge in [-0.1, -0.05) is 44.2 Å². The predicted molar refractivity (Wildman–Crippen MR) is 120 cm³/mol. The number of carbonyl (C=O) groups excluding carboxylic acids is 3. The van der Waals surface area contributed by atoms with E-state index in [9.17, 15) is 34.2 Å². The number of nitrogens with one attached hydrogen (secondary N) is 3. The molecule has 0 spiro atoms. The van der Waals surface area contributed by atoms with Crippen molar-refractivity contribution in [2.45, 2.75) is 57.3 Å². The molecule has 3 amide bonds. The van der Waals surface area contributed by atoms with Gasteiger partial charge in [-0.3, -0.25) is 19.2 Å². The fraction of sp³-hybridized carbons (Fsp3) is 0.500. The first-order chi connectivity index (χ1) is 16.0. The highest BCUT2D eigenvalue weighted by atomic mass is 16.4. The zero-order valence-corrected chi connectivity index (χ0v) is 19.1. The van der Waals surface area contributed by atoms with Gasteiger partial charge >= 0.3 is 11.9 Å². The number of aliphatic hydroxyl groups is 1. The van der Waals surface area contributed by atoms with Crippen LogP contribution in [0.5, 0.6) is 0 Å². The van der Waals surface area contributed by atoms with Gasteiger partial charge in [0.2, 0.25) is 17.7 Å². The molecule has 188 valence electrons. The molecule has 34 heavy (non-hydrogen) atoms. The van der Waals surface area contributed by atoms with E-state index in [0.29, 0.717) is 5.56 Å². The van der Waals surface area contributed by atoms with E-state index >= 15 is 0 Å². The van der Waals surface area contributed by atoms with Crippen molar-refractivity contribution in [1.82, 2.24) is 16.0 Å². The molecule has 0 aliphatic carbocycles. The van der Waals surface area contributed by atoms with Crippen molar-refractivity contribution in [3.8, 4) is 0 Å². The number of rotatable bonds is 14. The quantitative estimate of drug-likeness (QED) is 0.167. The average Bonchev–Trinajstić information content (AvgIpc) is 2.78. The largest absolute Gasteiger partial charge is 0.481 e. The Balaban J connectivity index is 2.89. The summed E-state index contributed by atoms with van der Waals surface area (Å²) in [5.41, 5.74) is 6.42. The van der Waals surface area contributed by atoms with Crippen molar-refractivity contribution in [2.24, 2.45) is 11.7 Å². The lowest BCUT2D eigenvalue weighted by Crippen LogP contribution is -2.58. The molecule has 12 heteroatoms. The molecule has 4 atom stereocenters. The van der Waals surface area contributed by atoms with Crippen LogP contribution in [-0.4, -0.2) is 75.8 Å². The standard InChI is InChI=1S/C22H32N4O8/c1-12(2)18(23)21(32)24-14(8-9-17(28)29)19(30)26-16(11-27)20(31)25-15(22(33)34)10-13-6-4-3-5-7-13/h3-7,12,14-16,18,27H,8-11,23H2,1-2H3,(H,24,32)(H,25,31)(H,26,30)(H,28,29)(H,33,34).